The van der Waals surface area contributed by atoms with Crippen LogP contribution in [0.15, 0.2) is 30.3 Å². The molecule has 0 saturated heterocycles. The number of hydrogen-bond acceptors (Lipinski definition) is 0. The van der Waals surface area contributed by atoms with E-state index >= 15 is 0 Å². The molecule has 60 valence electrons. The molecular weight excluding hydrogens is 139 g/mol. The highest BCUT2D eigenvalue weighted by molar-refractivity contribution is 5.14. The van der Waals surface area contributed by atoms with Crippen molar-refractivity contribution >= 4 is 0 Å². The van der Waals surface area contributed by atoms with Gasteiger partial charge in [-0.15, -0.1) is 0 Å². The van der Waals surface area contributed by atoms with Gasteiger partial charge < -0.3 is 0 Å². The highest BCUT2D eigenvalue weighted by Gasteiger charge is 2.00. The molecule has 0 radical (unpaired) electrons. The zero-order valence-electron chi connectivity index (χ0n) is 6.76. The minimum atomic E-state index is -0.227. The standard InChI is InChI=1S/C10H13F/c1-9(8-11)7-10-5-3-2-4-6-10/h2-6,9H,7-8H2,1H3/t9-/m1/s1. The summed E-state index contributed by atoms with van der Waals surface area (Å²) < 4.78 is 12.1. The number of rotatable bonds is 3. The van der Waals surface area contributed by atoms with Crippen LogP contribution < -0.4 is 0 Å². The molecule has 0 fully saturated rings. The Morgan fingerprint density at radius 1 is 1.27 bits per heavy atom. The van der Waals surface area contributed by atoms with Gasteiger partial charge in [0.1, 0.15) is 0 Å². The first-order valence-electron chi connectivity index (χ1n) is 3.93. The normalized spacial score (nSPS) is 12.9. The maximum absolute atomic E-state index is 12.1. The zero-order chi connectivity index (χ0) is 8.10. The van der Waals surface area contributed by atoms with E-state index in [0.717, 1.165) is 6.42 Å². The Labute approximate surface area is 67.1 Å². The van der Waals surface area contributed by atoms with Crippen molar-refractivity contribution < 1.29 is 4.39 Å². The van der Waals surface area contributed by atoms with E-state index in [4.69, 9.17) is 0 Å². The van der Waals surface area contributed by atoms with Crippen molar-refractivity contribution in [1.82, 2.24) is 0 Å². The van der Waals surface area contributed by atoms with Gasteiger partial charge in [-0.25, -0.2) is 0 Å². The summed E-state index contributed by atoms with van der Waals surface area (Å²) in [6, 6.07) is 10.0. The molecule has 0 aliphatic rings. The molecule has 1 aromatic carbocycles. The second-order valence-electron chi connectivity index (χ2n) is 2.95. The first kappa shape index (κ1) is 8.25. The van der Waals surface area contributed by atoms with E-state index in [0.29, 0.717) is 0 Å². The Bertz CT molecular complexity index is 193. The maximum Gasteiger partial charge on any atom is 0.0923 e. The van der Waals surface area contributed by atoms with Gasteiger partial charge in [0, 0.05) is 0 Å². The fraction of sp³-hybridized carbons (Fsp3) is 0.400. The van der Waals surface area contributed by atoms with Crippen LogP contribution >= 0.6 is 0 Å². The van der Waals surface area contributed by atoms with Gasteiger partial charge in [0.05, 0.1) is 6.67 Å². The van der Waals surface area contributed by atoms with E-state index in [2.05, 4.69) is 0 Å². The smallest absolute Gasteiger partial charge is 0.0923 e. The molecule has 0 amide bonds. The van der Waals surface area contributed by atoms with Crippen molar-refractivity contribution in [1.29, 1.82) is 0 Å². The second kappa shape index (κ2) is 4.12. The molecule has 0 saturated carbocycles. The van der Waals surface area contributed by atoms with Gasteiger partial charge in [-0.2, -0.15) is 0 Å². The van der Waals surface area contributed by atoms with Gasteiger partial charge in [-0.05, 0) is 17.9 Å². The van der Waals surface area contributed by atoms with Crippen LogP contribution in [0.1, 0.15) is 12.5 Å². The van der Waals surface area contributed by atoms with Crippen molar-refractivity contribution in [2.45, 2.75) is 13.3 Å². The molecule has 1 atom stereocenters. The SMILES string of the molecule is C[C@@H](CF)Cc1ccccc1. The van der Waals surface area contributed by atoms with Gasteiger partial charge in [0.2, 0.25) is 0 Å². The van der Waals surface area contributed by atoms with Crippen LogP contribution in [0.4, 0.5) is 4.39 Å². The van der Waals surface area contributed by atoms with Gasteiger partial charge in [-0.1, -0.05) is 37.3 Å². The predicted octanol–water partition coefficient (Wildman–Crippen LogP) is 2.83. The van der Waals surface area contributed by atoms with Crippen LogP contribution in [0.25, 0.3) is 0 Å². The summed E-state index contributed by atoms with van der Waals surface area (Å²) in [5, 5.41) is 0. The summed E-state index contributed by atoms with van der Waals surface area (Å²) in [6.45, 7) is 1.70. The molecule has 0 bridgehead atoms. The van der Waals surface area contributed by atoms with Gasteiger partial charge in [0.25, 0.3) is 0 Å². The first-order valence-corrected chi connectivity index (χ1v) is 3.93. The highest BCUT2D eigenvalue weighted by Crippen LogP contribution is 2.07. The largest absolute Gasteiger partial charge is 0.251 e. The number of halogens is 1. The first-order chi connectivity index (χ1) is 5.33. The summed E-state index contributed by atoms with van der Waals surface area (Å²) in [7, 11) is 0. The molecule has 0 unspecified atom stereocenters. The van der Waals surface area contributed by atoms with Gasteiger partial charge in [-0.3, -0.25) is 4.39 Å². The monoisotopic (exact) mass is 152 g/mol. The van der Waals surface area contributed by atoms with Crippen LogP contribution in [0, 0.1) is 5.92 Å². The van der Waals surface area contributed by atoms with E-state index in [1.54, 1.807) is 0 Å². The van der Waals surface area contributed by atoms with Crippen molar-refractivity contribution in [2.24, 2.45) is 5.92 Å². The Balaban J connectivity index is 2.51. The van der Waals surface area contributed by atoms with E-state index in [1.165, 1.54) is 5.56 Å². The lowest BCUT2D eigenvalue weighted by molar-refractivity contribution is 0.381. The lowest BCUT2D eigenvalue weighted by Gasteiger charge is -2.05. The van der Waals surface area contributed by atoms with Crippen LogP contribution in [0.2, 0.25) is 0 Å². The molecule has 0 aromatic heterocycles. The summed E-state index contributed by atoms with van der Waals surface area (Å²) in [5.41, 5.74) is 1.22. The summed E-state index contributed by atoms with van der Waals surface area (Å²) >= 11 is 0. The molecule has 0 nitrogen and oxygen atoms in total. The molecule has 1 rings (SSSR count). The van der Waals surface area contributed by atoms with Crippen LogP contribution in [0.5, 0.6) is 0 Å². The third-order valence-electron chi connectivity index (χ3n) is 1.69. The molecule has 1 aromatic rings. The molecule has 11 heavy (non-hydrogen) atoms. The lowest BCUT2D eigenvalue weighted by Crippen LogP contribution is -2.00. The topological polar surface area (TPSA) is 0 Å². The van der Waals surface area contributed by atoms with Crippen molar-refractivity contribution in [3.8, 4) is 0 Å². The maximum atomic E-state index is 12.1. The minimum Gasteiger partial charge on any atom is -0.251 e. The lowest BCUT2D eigenvalue weighted by atomic mass is 10.0. The molecule has 0 spiro atoms. The summed E-state index contributed by atoms with van der Waals surface area (Å²) in [5.74, 6) is 0.150. The second-order valence-corrected chi connectivity index (χ2v) is 2.95. The minimum absolute atomic E-state index is 0.150. The van der Waals surface area contributed by atoms with Crippen molar-refractivity contribution in [3.63, 3.8) is 0 Å². The fourth-order valence-corrected chi connectivity index (χ4v) is 1.07. The molecule has 1 heteroatoms. The Kier molecular flexibility index (Phi) is 3.09. The van der Waals surface area contributed by atoms with Gasteiger partial charge in [0.15, 0.2) is 0 Å². The Morgan fingerprint density at radius 2 is 1.91 bits per heavy atom. The van der Waals surface area contributed by atoms with Gasteiger partial charge >= 0.3 is 0 Å². The summed E-state index contributed by atoms with van der Waals surface area (Å²) in [6.07, 6.45) is 0.845. The molecule has 0 N–H and O–H groups in total. The number of benzene rings is 1. The summed E-state index contributed by atoms with van der Waals surface area (Å²) in [4.78, 5) is 0. The predicted molar refractivity (Wildman–Crippen MR) is 45.3 cm³/mol. The highest BCUT2D eigenvalue weighted by atomic mass is 19.1. The number of hydrogen-bond donors (Lipinski definition) is 0. The quantitative estimate of drug-likeness (QED) is 0.624. The Morgan fingerprint density at radius 3 is 2.45 bits per heavy atom. The Hall–Kier alpha value is -0.850. The average molecular weight is 152 g/mol. The van der Waals surface area contributed by atoms with E-state index in [-0.39, 0.29) is 12.6 Å². The van der Waals surface area contributed by atoms with Crippen LogP contribution in [-0.4, -0.2) is 6.67 Å². The number of alkyl halides is 1. The van der Waals surface area contributed by atoms with Crippen LogP contribution in [-0.2, 0) is 6.42 Å². The van der Waals surface area contributed by atoms with E-state index < -0.39 is 0 Å². The van der Waals surface area contributed by atoms with Crippen LogP contribution in [0.3, 0.4) is 0 Å². The zero-order valence-corrected chi connectivity index (χ0v) is 6.76. The van der Waals surface area contributed by atoms with Crippen molar-refractivity contribution in [3.05, 3.63) is 35.9 Å². The van der Waals surface area contributed by atoms with E-state index in [1.807, 2.05) is 37.3 Å². The van der Waals surface area contributed by atoms with E-state index in [9.17, 15) is 4.39 Å². The molecule has 0 aliphatic heterocycles. The third-order valence-corrected chi connectivity index (χ3v) is 1.69. The average Bonchev–Trinajstić information content (AvgIpc) is 2.06. The van der Waals surface area contributed by atoms with Crippen molar-refractivity contribution in [2.75, 3.05) is 6.67 Å². The fourth-order valence-electron chi connectivity index (χ4n) is 1.07. The molecular formula is C10H13F. The molecule has 0 heterocycles. The molecule has 0 aliphatic carbocycles. The third kappa shape index (κ3) is 2.71.